The van der Waals surface area contributed by atoms with E-state index in [-0.39, 0.29) is 5.91 Å². The van der Waals surface area contributed by atoms with Crippen LogP contribution in [0.4, 0.5) is 0 Å². The lowest BCUT2D eigenvalue weighted by atomic mass is 9.72. The van der Waals surface area contributed by atoms with Crippen LogP contribution in [0.3, 0.4) is 0 Å². The van der Waals surface area contributed by atoms with Gasteiger partial charge in [0, 0.05) is 13.1 Å². The van der Waals surface area contributed by atoms with Gasteiger partial charge in [0.15, 0.2) is 5.82 Å². The Morgan fingerprint density at radius 1 is 1.13 bits per heavy atom. The highest BCUT2D eigenvalue weighted by Crippen LogP contribution is 2.52. The molecule has 1 N–H and O–H groups in total. The molecule has 6 heteroatoms. The van der Waals surface area contributed by atoms with Gasteiger partial charge in [-0.3, -0.25) is 4.79 Å². The fourth-order valence-corrected chi connectivity index (χ4v) is 5.67. The number of allylic oxidation sites excluding steroid dienone is 2. The molecule has 2 heterocycles. The van der Waals surface area contributed by atoms with Gasteiger partial charge >= 0.3 is 0 Å². The Kier molecular flexibility index (Phi) is 2.91. The lowest BCUT2D eigenvalue weighted by molar-refractivity contribution is -0.138. The largest absolute Gasteiger partial charge is 0.341 e. The molecular formula is C17H23N5O. The molecule has 0 aromatic carbocycles. The van der Waals surface area contributed by atoms with Crippen LogP contribution in [0.1, 0.15) is 44.3 Å². The van der Waals surface area contributed by atoms with Crippen molar-refractivity contribution < 1.29 is 4.79 Å². The Morgan fingerprint density at radius 2 is 1.83 bits per heavy atom. The van der Waals surface area contributed by atoms with E-state index in [4.69, 9.17) is 0 Å². The number of aromatic amines is 1. The minimum absolute atomic E-state index is 0.257. The summed E-state index contributed by atoms with van der Waals surface area (Å²) in [6, 6.07) is 0. The van der Waals surface area contributed by atoms with Crippen LogP contribution < -0.4 is 0 Å². The number of rotatable bonds is 2. The average molecular weight is 313 g/mol. The molecule has 4 atom stereocenters. The second-order valence-electron chi connectivity index (χ2n) is 7.86. The summed E-state index contributed by atoms with van der Waals surface area (Å²) in [5.74, 6) is 3.64. The van der Waals surface area contributed by atoms with Crippen LogP contribution in [0, 0.1) is 23.7 Å². The molecule has 2 unspecified atom stereocenters. The molecule has 0 spiro atoms. The molecule has 122 valence electrons. The van der Waals surface area contributed by atoms with Crippen LogP contribution in [-0.4, -0.2) is 44.5 Å². The first-order chi connectivity index (χ1) is 11.3. The van der Waals surface area contributed by atoms with Crippen molar-refractivity contribution >= 4 is 5.91 Å². The second kappa shape index (κ2) is 4.89. The fourth-order valence-electron chi connectivity index (χ4n) is 5.67. The van der Waals surface area contributed by atoms with Crippen molar-refractivity contribution in [1.82, 2.24) is 25.5 Å². The Hall–Kier alpha value is -1.72. The van der Waals surface area contributed by atoms with Gasteiger partial charge in [-0.25, -0.2) is 0 Å². The molecule has 1 aromatic rings. The van der Waals surface area contributed by atoms with Gasteiger partial charge < -0.3 is 4.90 Å². The monoisotopic (exact) mass is 313 g/mol. The predicted molar refractivity (Wildman–Crippen MR) is 83.2 cm³/mol. The average Bonchev–Trinajstić information content (AvgIpc) is 3.37. The van der Waals surface area contributed by atoms with E-state index in [0.29, 0.717) is 29.5 Å². The third-order valence-corrected chi connectivity index (χ3v) is 6.84. The van der Waals surface area contributed by atoms with Gasteiger partial charge in [-0.15, -0.1) is 10.2 Å². The van der Waals surface area contributed by atoms with Gasteiger partial charge in [-0.1, -0.05) is 36.6 Å². The van der Waals surface area contributed by atoms with Gasteiger partial charge in [0.25, 0.3) is 0 Å². The molecule has 0 radical (unpaired) electrons. The van der Waals surface area contributed by atoms with Crippen molar-refractivity contribution in [1.29, 1.82) is 0 Å². The Morgan fingerprint density at radius 3 is 2.43 bits per heavy atom. The molecule has 1 aliphatic heterocycles. The third kappa shape index (κ3) is 1.86. The lowest BCUT2D eigenvalue weighted by Crippen LogP contribution is -2.48. The molecule has 5 rings (SSSR count). The molecule has 3 aliphatic carbocycles. The zero-order valence-corrected chi connectivity index (χ0v) is 13.3. The topological polar surface area (TPSA) is 74.8 Å². The van der Waals surface area contributed by atoms with Gasteiger partial charge in [0.1, 0.15) is 5.41 Å². The van der Waals surface area contributed by atoms with Gasteiger partial charge in [0.05, 0.1) is 0 Å². The van der Waals surface area contributed by atoms with Crippen molar-refractivity contribution in [3.8, 4) is 0 Å². The SMILES string of the molecule is O=C(N1C[C@@H]2C3C=CC(C3)[C@@H]2C1)C1(c2nn[nH]n2)CCCCC1. The molecular weight excluding hydrogens is 290 g/mol. The highest BCUT2D eigenvalue weighted by Gasteiger charge is 2.54. The molecule has 2 bridgehead atoms. The number of nitrogens with one attached hydrogen (secondary N) is 1. The summed E-state index contributed by atoms with van der Waals surface area (Å²) in [7, 11) is 0. The maximum Gasteiger partial charge on any atom is 0.236 e. The summed E-state index contributed by atoms with van der Waals surface area (Å²) in [6.45, 7) is 1.85. The maximum atomic E-state index is 13.5. The standard InChI is InChI=1S/C17H23N5O/c23-16(17(6-2-1-3-7-17)15-18-20-21-19-15)22-9-13-11-4-5-12(8-11)14(13)10-22/h4-5,11-14H,1-3,6-10H2,(H,18,19,20,21)/t11?,12?,13-,14+. The third-order valence-electron chi connectivity index (χ3n) is 6.84. The summed E-state index contributed by atoms with van der Waals surface area (Å²) in [5, 5.41) is 14.7. The predicted octanol–water partition coefficient (Wildman–Crippen LogP) is 1.68. The van der Waals surface area contributed by atoms with E-state index in [2.05, 4.69) is 37.7 Å². The van der Waals surface area contributed by atoms with E-state index >= 15 is 0 Å². The number of hydrogen-bond donors (Lipinski definition) is 1. The summed E-state index contributed by atoms with van der Waals surface area (Å²) in [4.78, 5) is 15.6. The van der Waals surface area contributed by atoms with Crippen molar-refractivity contribution in [2.45, 2.75) is 43.9 Å². The zero-order chi connectivity index (χ0) is 15.4. The van der Waals surface area contributed by atoms with Gasteiger partial charge in [0.2, 0.25) is 5.91 Å². The van der Waals surface area contributed by atoms with E-state index < -0.39 is 5.41 Å². The number of hydrogen-bond acceptors (Lipinski definition) is 4. The van der Waals surface area contributed by atoms with Crippen LogP contribution in [0.25, 0.3) is 0 Å². The van der Waals surface area contributed by atoms with E-state index in [1.54, 1.807) is 0 Å². The quantitative estimate of drug-likeness (QED) is 0.843. The molecule has 23 heavy (non-hydrogen) atoms. The minimum Gasteiger partial charge on any atom is -0.341 e. The van der Waals surface area contributed by atoms with Crippen LogP contribution in [-0.2, 0) is 10.2 Å². The van der Waals surface area contributed by atoms with E-state index in [1.807, 2.05) is 0 Å². The molecule has 6 nitrogen and oxygen atoms in total. The number of aromatic nitrogens is 4. The summed E-state index contributed by atoms with van der Waals surface area (Å²) < 4.78 is 0. The van der Waals surface area contributed by atoms with E-state index in [1.165, 1.54) is 12.8 Å². The van der Waals surface area contributed by atoms with Crippen LogP contribution >= 0.6 is 0 Å². The maximum absolute atomic E-state index is 13.5. The number of carbonyl (C=O) groups excluding carboxylic acids is 1. The second-order valence-corrected chi connectivity index (χ2v) is 7.86. The molecule has 3 fully saturated rings. The number of likely N-dealkylation sites (tertiary alicyclic amines) is 1. The molecule has 1 amide bonds. The first-order valence-corrected chi connectivity index (χ1v) is 8.99. The zero-order valence-electron chi connectivity index (χ0n) is 13.3. The number of carbonyl (C=O) groups is 1. The molecule has 4 aliphatic rings. The Balaban J connectivity index is 1.43. The summed E-state index contributed by atoms with van der Waals surface area (Å²) in [6.07, 6.45) is 11.2. The molecule has 1 aromatic heterocycles. The highest BCUT2D eigenvalue weighted by atomic mass is 16.2. The van der Waals surface area contributed by atoms with Crippen molar-refractivity contribution in [2.24, 2.45) is 23.7 Å². The highest BCUT2D eigenvalue weighted by molar-refractivity contribution is 5.87. The number of fused-ring (bicyclic) bond motifs is 5. The van der Waals surface area contributed by atoms with Gasteiger partial charge in [-0.2, -0.15) is 5.21 Å². The van der Waals surface area contributed by atoms with Crippen LogP contribution in [0.15, 0.2) is 12.2 Å². The van der Waals surface area contributed by atoms with Crippen LogP contribution in [0.5, 0.6) is 0 Å². The van der Waals surface area contributed by atoms with Crippen molar-refractivity contribution in [3.63, 3.8) is 0 Å². The van der Waals surface area contributed by atoms with Crippen LogP contribution in [0.2, 0.25) is 0 Å². The number of nitrogens with zero attached hydrogens (tertiary/aromatic N) is 4. The number of amides is 1. The molecule has 1 saturated heterocycles. The summed E-state index contributed by atoms with van der Waals surface area (Å²) in [5.41, 5.74) is -0.531. The first kappa shape index (κ1) is 13.7. The Labute approximate surface area is 135 Å². The molecule has 2 saturated carbocycles. The van der Waals surface area contributed by atoms with Crippen molar-refractivity contribution in [2.75, 3.05) is 13.1 Å². The number of H-pyrrole nitrogens is 1. The van der Waals surface area contributed by atoms with E-state index in [0.717, 1.165) is 38.8 Å². The lowest BCUT2D eigenvalue weighted by Gasteiger charge is -2.36. The number of tetrazole rings is 1. The Bertz CT molecular complexity index is 613. The summed E-state index contributed by atoms with van der Waals surface area (Å²) >= 11 is 0. The van der Waals surface area contributed by atoms with Gasteiger partial charge in [-0.05, 0) is 42.9 Å². The first-order valence-electron chi connectivity index (χ1n) is 8.99. The minimum atomic E-state index is -0.531. The fraction of sp³-hybridized carbons (Fsp3) is 0.765. The van der Waals surface area contributed by atoms with Crippen molar-refractivity contribution in [3.05, 3.63) is 18.0 Å². The smallest absolute Gasteiger partial charge is 0.236 e. The normalized spacial score (nSPS) is 37.3. The van der Waals surface area contributed by atoms with E-state index in [9.17, 15) is 4.79 Å².